The van der Waals surface area contributed by atoms with Crippen molar-refractivity contribution >= 4 is 48.7 Å². The fraction of sp³-hybridized carbons (Fsp3) is 0. The highest BCUT2D eigenvalue weighted by atomic mass is 32.1. The van der Waals surface area contributed by atoms with E-state index in [-0.39, 0.29) is 0 Å². The number of nitrogens with zero attached hydrogens (tertiary/aromatic N) is 2. The molecule has 208 valence electrons. The van der Waals surface area contributed by atoms with Gasteiger partial charge in [0.1, 0.15) is 4.83 Å². The number of rotatable bonds is 6. The number of fused-ring (bicyclic) bond motifs is 3. The van der Waals surface area contributed by atoms with Crippen molar-refractivity contribution in [3.8, 4) is 33.4 Å². The third kappa shape index (κ3) is 4.84. The maximum absolute atomic E-state index is 4.68. The van der Waals surface area contributed by atoms with Crippen LogP contribution in [-0.4, -0.2) is 4.98 Å². The number of hydrogen-bond acceptors (Lipinski definition) is 3. The Hall–Kier alpha value is -5.51. The number of thiophene rings is 1. The Morgan fingerprint density at radius 1 is 0.386 bits per heavy atom. The first kappa shape index (κ1) is 26.1. The fourth-order valence-electron chi connectivity index (χ4n) is 5.94. The van der Waals surface area contributed by atoms with Crippen LogP contribution < -0.4 is 4.90 Å². The van der Waals surface area contributed by atoms with Gasteiger partial charge in [0.25, 0.3) is 0 Å². The molecule has 0 spiro atoms. The number of pyridine rings is 1. The van der Waals surface area contributed by atoms with E-state index >= 15 is 0 Å². The summed E-state index contributed by atoms with van der Waals surface area (Å²) in [7, 11) is 0. The van der Waals surface area contributed by atoms with Crippen LogP contribution in [0.2, 0.25) is 0 Å². The Morgan fingerprint density at radius 2 is 0.841 bits per heavy atom. The predicted octanol–water partition coefficient (Wildman–Crippen LogP) is 11.9. The summed E-state index contributed by atoms with van der Waals surface area (Å²) in [6, 6.07) is 58.5. The normalized spacial score (nSPS) is 11.2. The Labute approximate surface area is 261 Å². The minimum Gasteiger partial charge on any atom is -0.309 e. The van der Waals surface area contributed by atoms with Crippen LogP contribution in [0.3, 0.4) is 0 Å². The minimum absolute atomic E-state index is 1.06. The van der Waals surface area contributed by atoms with Crippen molar-refractivity contribution in [2.45, 2.75) is 0 Å². The third-order valence-corrected chi connectivity index (χ3v) is 9.33. The molecule has 8 aromatic rings. The van der Waals surface area contributed by atoms with Crippen LogP contribution in [0, 0.1) is 0 Å². The molecule has 0 saturated heterocycles. The molecule has 2 aromatic heterocycles. The number of benzene rings is 6. The van der Waals surface area contributed by atoms with Crippen LogP contribution in [0.5, 0.6) is 0 Å². The Bertz CT molecular complexity index is 2180. The topological polar surface area (TPSA) is 16.1 Å². The second-order valence-electron chi connectivity index (χ2n) is 10.9. The average molecular weight is 581 g/mol. The first-order valence-corrected chi connectivity index (χ1v) is 15.6. The molecular formula is C41H28N2S. The van der Waals surface area contributed by atoms with E-state index in [1.807, 2.05) is 12.3 Å². The lowest BCUT2D eigenvalue weighted by molar-refractivity contribution is 1.30. The van der Waals surface area contributed by atoms with Gasteiger partial charge < -0.3 is 4.90 Å². The first-order chi connectivity index (χ1) is 21.8. The minimum atomic E-state index is 1.06. The van der Waals surface area contributed by atoms with Crippen molar-refractivity contribution < 1.29 is 0 Å². The molecule has 0 aliphatic carbocycles. The van der Waals surface area contributed by atoms with E-state index in [2.05, 4.69) is 168 Å². The highest BCUT2D eigenvalue weighted by molar-refractivity contribution is 7.26. The molecule has 0 aliphatic heterocycles. The second kappa shape index (κ2) is 11.3. The fourth-order valence-corrected chi connectivity index (χ4v) is 7.09. The zero-order valence-corrected chi connectivity index (χ0v) is 24.8. The van der Waals surface area contributed by atoms with Gasteiger partial charge in [-0.2, -0.15) is 0 Å². The van der Waals surface area contributed by atoms with Gasteiger partial charge in [0.05, 0.1) is 10.4 Å². The van der Waals surface area contributed by atoms with Gasteiger partial charge in [0.15, 0.2) is 0 Å². The zero-order valence-electron chi connectivity index (χ0n) is 24.0. The summed E-state index contributed by atoms with van der Waals surface area (Å²) in [4.78, 5) is 8.11. The van der Waals surface area contributed by atoms with E-state index in [0.29, 0.717) is 0 Å². The SMILES string of the molecule is c1ccc(-c2ccc(-c3ccc(N(c4ccc(-c5ccccc5)cc4)c4cccc5c4sc4ncccc45)cc3)cc2)cc1. The number of anilines is 3. The van der Waals surface area contributed by atoms with Crippen LogP contribution in [0.25, 0.3) is 53.7 Å². The zero-order chi connectivity index (χ0) is 29.3. The van der Waals surface area contributed by atoms with Crippen molar-refractivity contribution in [1.29, 1.82) is 0 Å². The molecular weight excluding hydrogens is 553 g/mol. The van der Waals surface area contributed by atoms with Crippen LogP contribution in [0.1, 0.15) is 0 Å². The summed E-state index contributed by atoms with van der Waals surface area (Å²) in [6.45, 7) is 0. The van der Waals surface area contributed by atoms with E-state index in [1.165, 1.54) is 48.9 Å². The first-order valence-electron chi connectivity index (χ1n) is 14.8. The quantitative estimate of drug-likeness (QED) is 0.194. The molecule has 0 N–H and O–H groups in total. The highest BCUT2D eigenvalue weighted by Gasteiger charge is 2.18. The molecule has 0 amide bonds. The largest absolute Gasteiger partial charge is 0.309 e. The molecule has 0 saturated carbocycles. The van der Waals surface area contributed by atoms with Gasteiger partial charge in [-0.3, -0.25) is 0 Å². The summed E-state index contributed by atoms with van der Waals surface area (Å²) >= 11 is 1.75. The van der Waals surface area contributed by atoms with E-state index in [0.717, 1.165) is 21.9 Å². The van der Waals surface area contributed by atoms with E-state index in [1.54, 1.807) is 11.3 Å². The van der Waals surface area contributed by atoms with Crippen molar-refractivity contribution in [2.75, 3.05) is 4.90 Å². The molecule has 0 atom stereocenters. The second-order valence-corrected chi connectivity index (χ2v) is 11.8. The molecule has 0 fully saturated rings. The Morgan fingerprint density at radius 3 is 1.36 bits per heavy atom. The summed E-state index contributed by atoms with van der Waals surface area (Å²) in [6.07, 6.45) is 1.88. The van der Waals surface area contributed by atoms with Gasteiger partial charge in [-0.15, -0.1) is 11.3 Å². The molecule has 3 heteroatoms. The van der Waals surface area contributed by atoms with E-state index < -0.39 is 0 Å². The van der Waals surface area contributed by atoms with Crippen LogP contribution in [0.4, 0.5) is 17.1 Å². The Balaban J connectivity index is 1.21. The average Bonchev–Trinajstić information content (AvgIpc) is 3.50. The van der Waals surface area contributed by atoms with Crippen molar-refractivity contribution in [3.63, 3.8) is 0 Å². The van der Waals surface area contributed by atoms with E-state index in [9.17, 15) is 0 Å². The summed E-state index contributed by atoms with van der Waals surface area (Å²) in [5, 5.41) is 2.43. The molecule has 0 aliphatic rings. The third-order valence-electron chi connectivity index (χ3n) is 8.18. The molecule has 8 rings (SSSR count). The molecule has 2 heterocycles. The summed E-state index contributed by atoms with van der Waals surface area (Å²) < 4.78 is 1.23. The summed E-state index contributed by atoms with van der Waals surface area (Å²) in [5.41, 5.74) is 10.6. The van der Waals surface area contributed by atoms with Crippen LogP contribution >= 0.6 is 11.3 Å². The lowest BCUT2D eigenvalue weighted by atomic mass is 10.00. The smallest absolute Gasteiger partial charge is 0.124 e. The van der Waals surface area contributed by atoms with Crippen molar-refractivity contribution in [2.24, 2.45) is 0 Å². The maximum Gasteiger partial charge on any atom is 0.124 e. The maximum atomic E-state index is 4.68. The molecule has 2 nitrogen and oxygen atoms in total. The monoisotopic (exact) mass is 580 g/mol. The van der Waals surface area contributed by atoms with E-state index in [4.69, 9.17) is 0 Å². The molecule has 0 unspecified atom stereocenters. The van der Waals surface area contributed by atoms with Gasteiger partial charge >= 0.3 is 0 Å². The van der Waals surface area contributed by atoms with Crippen LogP contribution in [0.15, 0.2) is 170 Å². The molecule has 6 aromatic carbocycles. The standard InChI is InChI=1S/C41H28N2S/c1-3-9-29(10-4-1)31-16-18-32(19-17-31)34-22-26-36(27-23-34)43(35-24-20-33(21-25-35)30-11-5-2-6-12-30)39-15-7-13-37-38-14-8-28-42-41(38)44-40(37)39/h1-28H. The van der Waals surface area contributed by atoms with Gasteiger partial charge in [-0.25, -0.2) is 4.98 Å². The van der Waals surface area contributed by atoms with Crippen molar-refractivity contribution in [3.05, 3.63) is 170 Å². The lowest BCUT2D eigenvalue weighted by Crippen LogP contribution is -2.10. The van der Waals surface area contributed by atoms with Gasteiger partial charge in [0, 0.05) is 28.3 Å². The van der Waals surface area contributed by atoms with Crippen LogP contribution in [-0.2, 0) is 0 Å². The molecule has 0 radical (unpaired) electrons. The number of aromatic nitrogens is 1. The summed E-state index contributed by atoms with van der Waals surface area (Å²) in [5.74, 6) is 0. The lowest BCUT2D eigenvalue weighted by Gasteiger charge is -2.26. The van der Waals surface area contributed by atoms with Gasteiger partial charge in [-0.05, 0) is 75.8 Å². The highest BCUT2D eigenvalue weighted by Crippen LogP contribution is 2.44. The number of hydrogen-bond donors (Lipinski definition) is 0. The molecule has 44 heavy (non-hydrogen) atoms. The van der Waals surface area contributed by atoms with Gasteiger partial charge in [0.2, 0.25) is 0 Å². The predicted molar refractivity (Wildman–Crippen MR) is 188 cm³/mol. The van der Waals surface area contributed by atoms with Gasteiger partial charge in [-0.1, -0.05) is 121 Å². The molecule has 0 bridgehead atoms. The Kier molecular flexibility index (Phi) is 6.71. The van der Waals surface area contributed by atoms with Crippen molar-refractivity contribution in [1.82, 2.24) is 4.98 Å².